The Morgan fingerprint density at radius 3 is 2.61 bits per heavy atom. The summed E-state index contributed by atoms with van der Waals surface area (Å²) in [6, 6.07) is 6.26. The van der Waals surface area contributed by atoms with E-state index in [1.165, 1.54) is 32.1 Å². The van der Waals surface area contributed by atoms with Crippen LogP contribution in [0.15, 0.2) is 41.3 Å². The largest absolute Gasteiger partial charge is 0.496 e. The molecule has 0 saturated heterocycles. The number of nitrogens with zero attached hydrogens (tertiary/aromatic N) is 4. The molecule has 6 rings (SSSR count). The minimum Gasteiger partial charge on any atom is -0.496 e. The van der Waals surface area contributed by atoms with E-state index in [-0.39, 0.29) is 5.54 Å². The van der Waals surface area contributed by atoms with Gasteiger partial charge < -0.3 is 14.6 Å². The van der Waals surface area contributed by atoms with Crippen LogP contribution in [0.3, 0.4) is 0 Å². The third kappa shape index (κ3) is 3.94. The van der Waals surface area contributed by atoms with E-state index < -0.39 is 0 Å². The highest BCUT2D eigenvalue weighted by Gasteiger charge is 2.41. The summed E-state index contributed by atoms with van der Waals surface area (Å²) >= 11 is 0. The van der Waals surface area contributed by atoms with Crippen LogP contribution in [-0.2, 0) is 0 Å². The van der Waals surface area contributed by atoms with Crippen molar-refractivity contribution in [2.45, 2.75) is 65.3 Å². The number of anilines is 1. The fraction of sp³-hybridized carbons (Fsp3) is 0.483. The topological polar surface area (TPSA) is 77.5 Å². The summed E-state index contributed by atoms with van der Waals surface area (Å²) in [7, 11) is 1.71. The molecule has 3 aromatic heterocycles. The van der Waals surface area contributed by atoms with Crippen molar-refractivity contribution in [3.8, 4) is 28.1 Å². The Kier molecular flexibility index (Phi) is 5.54. The minimum absolute atomic E-state index is 0.0194. The van der Waals surface area contributed by atoms with Crippen LogP contribution in [-0.4, -0.2) is 32.2 Å². The Morgan fingerprint density at radius 1 is 1.14 bits per heavy atom. The SMILES string of the molecule is COc1cc(-c2c(C)noc2C)ccc1-c1nc2cnccn2c1NC1(C)CC2CC(C)CC(C2)C1. The van der Waals surface area contributed by atoms with Crippen LogP contribution in [0.5, 0.6) is 5.75 Å². The van der Waals surface area contributed by atoms with Crippen LogP contribution in [0.2, 0.25) is 0 Å². The van der Waals surface area contributed by atoms with E-state index in [9.17, 15) is 0 Å². The molecule has 0 radical (unpaired) electrons. The molecule has 0 aliphatic heterocycles. The third-order valence-electron chi connectivity index (χ3n) is 8.25. The standard InChI is InChI=1S/C29H35N5O2/c1-17-10-20-12-21(11-17)15-29(4,14-20)32-28-27(31-25-16-30-8-9-34(25)28)23-7-6-22(13-24(23)35-5)26-18(2)33-36-19(26)3/h6-9,13,16-17,20-21,32H,10-12,14-15H2,1-5H3. The van der Waals surface area contributed by atoms with Gasteiger partial charge in [0.2, 0.25) is 0 Å². The number of aryl methyl sites for hydroxylation is 2. The molecular formula is C29H35N5O2. The average molecular weight is 486 g/mol. The van der Waals surface area contributed by atoms with Crippen LogP contribution in [0.1, 0.15) is 57.4 Å². The highest BCUT2D eigenvalue weighted by molar-refractivity contribution is 5.83. The maximum Gasteiger partial charge on any atom is 0.157 e. The Labute approximate surface area is 212 Å². The number of nitrogens with one attached hydrogen (secondary N) is 1. The van der Waals surface area contributed by atoms with Crippen LogP contribution in [0, 0.1) is 31.6 Å². The number of imidazole rings is 1. The van der Waals surface area contributed by atoms with Crippen molar-refractivity contribution in [2.75, 3.05) is 12.4 Å². The van der Waals surface area contributed by atoms with Crippen LogP contribution in [0.25, 0.3) is 28.0 Å². The second kappa shape index (κ2) is 8.64. The normalized spacial score (nSPS) is 25.8. The van der Waals surface area contributed by atoms with E-state index in [1.54, 1.807) is 7.11 Å². The number of fused-ring (bicyclic) bond motifs is 3. The Morgan fingerprint density at radius 2 is 1.92 bits per heavy atom. The second-order valence-electron chi connectivity index (χ2n) is 11.4. The molecule has 2 fully saturated rings. The molecule has 7 heteroatoms. The summed E-state index contributed by atoms with van der Waals surface area (Å²) in [6.07, 6.45) is 12.1. The van der Waals surface area contributed by atoms with Gasteiger partial charge in [0, 0.05) is 29.1 Å². The van der Waals surface area contributed by atoms with E-state index in [0.29, 0.717) is 0 Å². The zero-order valence-corrected chi connectivity index (χ0v) is 21.8. The zero-order chi connectivity index (χ0) is 25.0. The molecule has 2 aliphatic rings. The lowest BCUT2D eigenvalue weighted by Gasteiger charge is -2.48. The van der Waals surface area contributed by atoms with Gasteiger partial charge in [-0.2, -0.15) is 0 Å². The fourth-order valence-corrected chi connectivity index (χ4v) is 7.13. The third-order valence-corrected chi connectivity index (χ3v) is 8.25. The lowest BCUT2D eigenvalue weighted by molar-refractivity contribution is 0.102. The zero-order valence-electron chi connectivity index (χ0n) is 21.8. The summed E-state index contributed by atoms with van der Waals surface area (Å²) in [5, 5.41) is 8.12. The Hall–Kier alpha value is -3.35. The number of benzene rings is 1. The van der Waals surface area contributed by atoms with Gasteiger partial charge in [0.1, 0.15) is 23.0 Å². The molecule has 1 aromatic carbocycles. The summed E-state index contributed by atoms with van der Waals surface area (Å²) in [5.74, 6) is 5.00. The van der Waals surface area contributed by atoms with Crippen LogP contribution < -0.4 is 10.1 Å². The molecule has 36 heavy (non-hydrogen) atoms. The van der Waals surface area contributed by atoms with Crippen molar-refractivity contribution < 1.29 is 9.26 Å². The highest BCUT2D eigenvalue weighted by Crippen LogP contribution is 2.48. The second-order valence-corrected chi connectivity index (χ2v) is 11.4. The van der Waals surface area contributed by atoms with Crippen molar-refractivity contribution >= 4 is 11.5 Å². The first-order valence-corrected chi connectivity index (χ1v) is 13.1. The molecule has 2 saturated carbocycles. The van der Waals surface area contributed by atoms with Crippen LogP contribution >= 0.6 is 0 Å². The Bertz CT molecular complexity index is 1380. The van der Waals surface area contributed by atoms with Crippen LogP contribution in [0.4, 0.5) is 5.82 Å². The number of rotatable bonds is 5. The molecule has 2 atom stereocenters. The maximum absolute atomic E-state index is 5.91. The summed E-state index contributed by atoms with van der Waals surface area (Å²) in [4.78, 5) is 9.36. The molecule has 0 amide bonds. The predicted molar refractivity (Wildman–Crippen MR) is 141 cm³/mol. The lowest BCUT2D eigenvalue weighted by atomic mass is 9.62. The molecule has 1 N–H and O–H groups in total. The number of aromatic nitrogens is 4. The molecule has 7 nitrogen and oxygen atoms in total. The van der Waals surface area contributed by atoms with Crippen molar-refractivity contribution in [1.29, 1.82) is 0 Å². The summed E-state index contributed by atoms with van der Waals surface area (Å²) in [6.45, 7) is 8.71. The first-order valence-electron chi connectivity index (χ1n) is 13.1. The van der Waals surface area contributed by atoms with Crippen molar-refractivity contribution in [3.63, 3.8) is 0 Å². The summed E-state index contributed by atoms with van der Waals surface area (Å²) < 4.78 is 13.4. The number of hydrogen-bond acceptors (Lipinski definition) is 6. The summed E-state index contributed by atoms with van der Waals surface area (Å²) in [5.41, 5.74) is 5.57. The van der Waals surface area contributed by atoms with E-state index in [4.69, 9.17) is 14.2 Å². The van der Waals surface area contributed by atoms with Crippen molar-refractivity contribution in [3.05, 3.63) is 48.2 Å². The van der Waals surface area contributed by atoms with Gasteiger partial charge >= 0.3 is 0 Å². The van der Waals surface area contributed by atoms with Gasteiger partial charge in [-0.3, -0.25) is 9.38 Å². The molecule has 3 heterocycles. The smallest absolute Gasteiger partial charge is 0.157 e. The number of methoxy groups -OCH3 is 1. The highest BCUT2D eigenvalue weighted by atomic mass is 16.5. The lowest BCUT2D eigenvalue weighted by Crippen LogP contribution is -2.46. The maximum atomic E-state index is 5.91. The van der Waals surface area contributed by atoms with E-state index in [2.05, 4.69) is 51.9 Å². The quantitative estimate of drug-likeness (QED) is 0.339. The van der Waals surface area contributed by atoms with E-state index in [1.807, 2.05) is 32.4 Å². The number of ether oxygens (including phenoxy) is 1. The molecule has 0 spiro atoms. The fourth-order valence-electron chi connectivity index (χ4n) is 7.13. The minimum atomic E-state index is 0.0194. The van der Waals surface area contributed by atoms with Gasteiger partial charge in [-0.15, -0.1) is 0 Å². The molecule has 2 unspecified atom stereocenters. The first-order chi connectivity index (χ1) is 17.3. The molecule has 2 bridgehead atoms. The molecule has 4 aromatic rings. The van der Waals surface area contributed by atoms with E-state index >= 15 is 0 Å². The number of hydrogen-bond donors (Lipinski definition) is 1. The van der Waals surface area contributed by atoms with E-state index in [0.717, 1.165) is 68.8 Å². The molecular weight excluding hydrogens is 450 g/mol. The van der Waals surface area contributed by atoms with Gasteiger partial charge in [-0.05, 0) is 88.3 Å². The van der Waals surface area contributed by atoms with Crippen molar-refractivity contribution in [2.24, 2.45) is 17.8 Å². The average Bonchev–Trinajstić information content (AvgIpc) is 3.36. The predicted octanol–water partition coefficient (Wildman–Crippen LogP) is 6.69. The Balaban J connectivity index is 1.43. The van der Waals surface area contributed by atoms with Gasteiger partial charge in [-0.1, -0.05) is 18.1 Å². The van der Waals surface area contributed by atoms with Crippen molar-refractivity contribution in [1.82, 2.24) is 19.5 Å². The monoisotopic (exact) mass is 485 g/mol. The molecule has 2 aliphatic carbocycles. The molecule has 188 valence electrons. The van der Waals surface area contributed by atoms with Gasteiger partial charge in [0.05, 0.1) is 19.0 Å². The van der Waals surface area contributed by atoms with Gasteiger partial charge in [-0.25, -0.2) is 4.98 Å². The first kappa shape index (κ1) is 23.1. The van der Waals surface area contributed by atoms with Gasteiger partial charge in [0.25, 0.3) is 0 Å². The van der Waals surface area contributed by atoms with Gasteiger partial charge in [0.15, 0.2) is 5.65 Å².